The standard InChI is InChI=1S/C34H37FN6O3/c1-33-12-4-15-40(20-33)30-25-19-36-28(24-10-3-9-22-7-2-8-23(26(22)24)11-18-43-32(42)39-33)27(35)29(25)37-31(38-30)44-21-34-13-5-16-41(34)17-6-14-34/h2-3,7-10,19H,4-6,11-18,20-21H2,1H3,(H,39,42). The van der Waals surface area contributed by atoms with Crippen LogP contribution in [-0.4, -0.2) is 76.4 Å². The lowest BCUT2D eigenvalue weighted by Crippen LogP contribution is -2.57. The van der Waals surface area contributed by atoms with Crippen LogP contribution in [0.1, 0.15) is 51.0 Å². The van der Waals surface area contributed by atoms with Crippen molar-refractivity contribution in [3.8, 4) is 17.3 Å². The molecule has 0 radical (unpaired) electrons. The van der Waals surface area contributed by atoms with E-state index in [1.807, 2.05) is 43.3 Å². The molecule has 228 valence electrons. The Bertz CT molecular complexity index is 1770. The lowest BCUT2D eigenvalue weighted by Gasteiger charge is -2.41. The number of carbonyl (C=O) groups excluding carboxylic acids is 1. The predicted octanol–water partition coefficient (Wildman–Crippen LogP) is 5.63. The van der Waals surface area contributed by atoms with Crippen molar-refractivity contribution in [2.24, 2.45) is 0 Å². The summed E-state index contributed by atoms with van der Waals surface area (Å²) in [7, 11) is 0. The molecule has 1 atom stereocenters. The Labute approximate surface area is 255 Å². The van der Waals surface area contributed by atoms with Crippen molar-refractivity contribution in [3.63, 3.8) is 0 Å². The molecule has 3 saturated heterocycles. The molecule has 4 aromatic rings. The number of aromatic nitrogens is 3. The van der Waals surface area contributed by atoms with Crippen molar-refractivity contribution < 1.29 is 18.7 Å². The summed E-state index contributed by atoms with van der Waals surface area (Å²) >= 11 is 0. The normalized spacial score (nSPS) is 23.2. The molecule has 0 spiro atoms. The number of hydrogen-bond donors (Lipinski definition) is 1. The summed E-state index contributed by atoms with van der Waals surface area (Å²) in [5, 5.41) is 5.49. The zero-order chi connectivity index (χ0) is 29.9. The van der Waals surface area contributed by atoms with Crippen LogP contribution in [0.25, 0.3) is 32.9 Å². The average molecular weight is 597 g/mol. The Morgan fingerprint density at radius 1 is 1.05 bits per heavy atom. The molecular weight excluding hydrogens is 559 g/mol. The lowest BCUT2D eigenvalue weighted by molar-refractivity contribution is 0.107. The molecule has 3 fully saturated rings. The number of piperidine rings is 1. The van der Waals surface area contributed by atoms with Gasteiger partial charge < -0.3 is 19.7 Å². The first kappa shape index (κ1) is 27.5. The first-order chi connectivity index (χ1) is 21.4. The van der Waals surface area contributed by atoms with Gasteiger partial charge in [0.15, 0.2) is 5.82 Å². The van der Waals surface area contributed by atoms with Crippen molar-refractivity contribution in [2.75, 3.05) is 44.3 Å². The molecule has 2 aromatic heterocycles. The fourth-order valence-corrected chi connectivity index (χ4v) is 8.06. The molecular formula is C34H37FN6O3. The number of hydrogen-bond acceptors (Lipinski definition) is 8. The Morgan fingerprint density at radius 3 is 2.68 bits per heavy atom. The smallest absolute Gasteiger partial charge is 0.407 e. The number of pyridine rings is 1. The number of ether oxygens (including phenoxy) is 2. The number of benzene rings is 2. The first-order valence-electron chi connectivity index (χ1n) is 15.9. The summed E-state index contributed by atoms with van der Waals surface area (Å²) < 4.78 is 28.9. The van der Waals surface area contributed by atoms with Crippen LogP contribution in [0.2, 0.25) is 0 Å². The zero-order valence-corrected chi connectivity index (χ0v) is 25.1. The monoisotopic (exact) mass is 596 g/mol. The summed E-state index contributed by atoms with van der Waals surface area (Å²) in [4.78, 5) is 32.0. The summed E-state index contributed by atoms with van der Waals surface area (Å²) in [5.74, 6) is 0.0817. The molecule has 1 N–H and O–H groups in total. The van der Waals surface area contributed by atoms with Gasteiger partial charge >= 0.3 is 12.1 Å². The first-order valence-corrected chi connectivity index (χ1v) is 15.9. The molecule has 7 heterocycles. The van der Waals surface area contributed by atoms with Gasteiger partial charge in [0.25, 0.3) is 0 Å². The summed E-state index contributed by atoms with van der Waals surface area (Å²) in [6.07, 6.45) is 7.85. The molecule has 0 aliphatic carbocycles. The fourth-order valence-electron chi connectivity index (χ4n) is 8.06. The highest BCUT2D eigenvalue weighted by Crippen LogP contribution is 2.40. The van der Waals surface area contributed by atoms with Crippen LogP contribution in [-0.2, 0) is 11.2 Å². The summed E-state index contributed by atoms with van der Waals surface area (Å²) in [6.45, 7) is 6.07. The van der Waals surface area contributed by atoms with Crippen LogP contribution in [0.15, 0.2) is 42.6 Å². The van der Waals surface area contributed by atoms with E-state index in [9.17, 15) is 4.79 Å². The highest BCUT2D eigenvalue weighted by Gasteiger charge is 2.45. The topological polar surface area (TPSA) is 92.7 Å². The number of fused-ring (bicyclic) bond motifs is 6. The van der Waals surface area contributed by atoms with E-state index >= 15 is 4.39 Å². The van der Waals surface area contributed by atoms with Gasteiger partial charge in [-0.15, -0.1) is 0 Å². The zero-order valence-electron chi connectivity index (χ0n) is 25.1. The SMILES string of the molecule is CC12CCCN(C1)c1nc(OCC34CCCN3CCC4)nc3c(F)c(ncc13)-c1cccc3cccc(c13)CCOC(=O)N2. The van der Waals surface area contributed by atoms with E-state index in [2.05, 4.69) is 15.1 Å². The lowest BCUT2D eigenvalue weighted by atomic mass is 9.91. The third-order valence-corrected chi connectivity index (χ3v) is 10.2. The quantitative estimate of drug-likeness (QED) is 0.325. The Hall–Kier alpha value is -4.05. The average Bonchev–Trinajstić information content (AvgIpc) is 3.60. The molecule has 5 aliphatic rings. The minimum Gasteiger partial charge on any atom is -0.461 e. The number of amides is 1. The minimum atomic E-state index is -0.559. The van der Waals surface area contributed by atoms with Gasteiger partial charge in [-0.3, -0.25) is 9.88 Å². The molecule has 44 heavy (non-hydrogen) atoms. The second kappa shape index (κ2) is 10.5. The maximum absolute atomic E-state index is 16.8. The van der Waals surface area contributed by atoms with Gasteiger partial charge in [0.2, 0.25) is 0 Å². The number of rotatable bonds is 3. The van der Waals surface area contributed by atoms with Crippen LogP contribution in [0.5, 0.6) is 6.01 Å². The van der Waals surface area contributed by atoms with E-state index in [-0.39, 0.29) is 29.4 Å². The molecule has 1 unspecified atom stereocenters. The molecule has 9 nitrogen and oxygen atoms in total. The number of nitrogens with one attached hydrogen (secondary N) is 1. The van der Waals surface area contributed by atoms with Gasteiger partial charge in [-0.1, -0.05) is 36.4 Å². The maximum Gasteiger partial charge on any atom is 0.407 e. The van der Waals surface area contributed by atoms with Crippen LogP contribution in [0.4, 0.5) is 15.0 Å². The second-order valence-corrected chi connectivity index (χ2v) is 13.1. The van der Waals surface area contributed by atoms with Crippen LogP contribution in [0, 0.1) is 5.82 Å². The van der Waals surface area contributed by atoms with Gasteiger partial charge in [0, 0.05) is 31.3 Å². The van der Waals surface area contributed by atoms with Crippen LogP contribution in [0.3, 0.4) is 0 Å². The molecule has 2 aromatic carbocycles. The van der Waals surface area contributed by atoms with Crippen molar-refractivity contribution in [2.45, 2.75) is 62.9 Å². The third-order valence-electron chi connectivity index (χ3n) is 10.2. The van der Waals surface area contributed by atoms with Crippen LogP contribution < -0.4 is 15.0 Å². The highest BCUT2D eigenvalue weighted by atomic mass is 19.1. The Balaban J connectivity index is 1.30. The number of halogens is 1. The molecule has 9 rings (SSSR count). The molecule has 10 heteroatoms. The van der Waals surface area contributed by atoms with Gasteiger partial charge in [-0.2, -0.15) is 9.97 Å². The van der Waals surface area contributed by atoms with E-state index in [4.69, 9.17) is 24.4 Å². The number of nitrogens with zero attached hydrogens (tertiary/aromatic N) is 5. The van der Waals surface area contributed by atoms with Crippen molar-refractivity contribution in [1.29, 1.82) is 0 Å². The summed E-state index contributed by atoms with van der Waals surface area (Å²) in [5.41, 5.74) is 1.50. The highest BCUT2D eigenvalue weighted by molar-refractivity contribution is 6.00. The van der Waals surface area contributed by atoms with E-state index in [1.165, 1.54) is 0 Å². The van der Waals surface area contributed by atoms with E-state index in [0.717, 1.165) is 68.0 Å². The minimum absolute atomic E-state index is 0.00151. The molecule has 6 bridgehead atoms. The molecule has 1 amide bonds. The Kier molecular flexibility index (Phi) is 6.59. The summed E-state index contributed by atoms with van der Waals surface area (Å²) in [6, 6.07) is 12.0. The Morgan fingerprint density at radius 2 is 1.84 bits per heavy atom. The van der Waals surface area contributed by atoms with Gasteiger partial charge in [0.1, 0.15) is 23.6 Å². The third kappa shape index (κ3) is 4.62. The van der Waals surface area contributed by atoms with E-state index in [1.54, 1.807) is 6.20 Å². The number of anilines is 1. The van der Waals surface area contributed by atoms with Crippen molar-refractivity contribution >= 4 is 33.6 Å². The largest absolute Gasteiger partial charge is 0.461 e. The molecule has 0 saturated carbocycles. The van der Waals surface area contributed by atoms with Gasteiger partial charge in [-0.05, 0) is 74.9 Å². The fraction of sp³-hybridized carbons (Fsp3) is 0.471. The van der Waals surface area contributed by atoms with Crippen molar-refractivity contribution in [1.82, 2.24) is 25.2 Å². The number of alkyl carbamates (subject to hydrolysis) is 1. The van der Waals surface area contributed by atoms with Crippen LogP contribution >= 0.6 is 0 Å². The molecule has 5 aliphatic heterocycles. The second-order valence-electron chi connectivity index (χ2n) is 13.1. The maximum atomic E-state index is 16.8. The van der Waals surface area contributed by atoms with E-state index in [0.29, 0.717) is 42.9 Å². The predicted molar refractivity (Wildman–Crippen MR) is 167 cm³/mol. The van der Waals surface area contributed by atoms with Crippen molar-refractivity contribution in [3.05, 3.63) is 54.0 Å². The van der Waals surface area contributed by atoms with Gasteiger partial charge in [-0.25, -0.2) is 9.18 Å². The number of carbonyl (C=O) groups is 1. The van der Waals surface area contributed by atoms with E-state index < -0.39 is 17.4 Å². The van der Waals surface area contributed by atoms with Gasteiger partial charge in [0.05, 0.1) is 23.1 Å².